The molecule has 2 aromatic rings. The van der Waals surface area contributed by atoms with Crippen LogP contribution in [0.3, 0.4) is 0 Å². The molecular formula is C18H14NO6-. The van der Waals surface area contributed by atoms with E-state index in [-0.39, 0.29) is 28.5 Å². The van der Waals surface area contributed by atoms with Gasteiger partial charge in [0.1, 0.15) is 28.4 Å². The molecule has 7 heteroatoms. The van der Waals surface area contributed by atoms with E-state index in [1.165, 1.54) is 37.7 Å². The molecule has 2 N–H and O–H groups in total. The van der Waals surface area contributed by atoms with Crippen LogP contribution in [0.25, 0.3) is 16.7 Å². The van der Waals surface area contributed by atoms with E-state index in [2.05, 4.69) is 0 Å². The van der Waals surface area contributed by atoms with E-state index >= 15 is 0 Å². The first-order valence-corrected chi connectivity index (χ1v) is 7.27. The number of furan rings is 1. The lowest BCUT2D eigenvalue weighted by atomic mass is 10.1. The highest BCUT2D eigenvalue weighted by Gasteiger charge is 2.18. The van der Waals surface area contributed by atoms with Gasteiger partial charge in [-0.15, -0.1) is 0 Å². The zero-order chi connectivity index (χ0) is 18.0. The number of phenolic OH excluding ortho intramolecular Hbond substituents is 1. The van der Waals surface area contributed by atoms with Crippen LogP contribution in [0.2, 0.25) is 0 Å². The van der Waals surface area contributed by atoms with Gasteiger partial charge in [-0.1, -0.05) is 6.08 Å². The SMILES string of the molecule is COc1c(C(O)=CC=C2C=CC(=[N+]([O-])[O-])C=C2)c(O)cc2occc12. The summed E-state index contributed by atoms with van der Waals surface area (Å²) in [5.41, 5.74) is 1.20. The molecule has 0 unspecified atom stereocenters. The fourth-order valence-electron chi connectivity index (χ4n) is 2.49. The van der Waals surface area contributed by atoms with Crippen molar-refractivity contribution in [3.05, 3.63) is 76.4 Å². The van der Waals surface area contributed by atoms with Gasteiger partial charge in [0.2, 0.25) is 5.71 Å². The van der Waals surface area contributed by atoms with E-state index < -0.39 is 4.90 Å². The maximum Gasteiger partial charge on any atom is 0.222 e. The van der Waals surface area contributed by atoms with E-state index in [0.29, 0.717) is 16.5 Å². The number of aliphatic hydroxyl groups excluding tert-OH is 1. The Balaban J connectivity index is 1.99. The minimum absolute atomic E-state index is 0.0184. The largest absolute Gasteiger partial charge is 0.612 e. The molecule has 0 amide bonds. The van der Waals surface area contributed by atoms with Gasteiger partial charge in [-0.3, -0.25) is 0 Å². The van der Waals surface area contributed by atoms with Gasteiger partial charge in [-0.25, -0.2) is 0 Å². The van der Waals surface area contributed by atoms with Crippen molar-refractivity contribution in [2.75, 3.05) is 7.11 Å². The minimum Gasteiger partial charge on any atom is -0.612 e. The second-order valence-corrected chi connectivity index (χ2v) is 5.20. The number of benzene rings is 1. The zero-order valence-electron chi connectivity index (χ0n) is 13.2. The number of hydrogen-bond donors (Lipinski definition) is 2. The third-order valence-corrected chi connectivity index (χ3v) is 3.69. The quantitative estimate of drug-likeness (QED) is 0.502. The molecule has 0 bridgehead atoms. The summed E-state index contributed by atoms with van der Waals surface area (Å²) in [6.45, 7) is 0. The third-order valence-electron chi connectivity index (χ3n) is 3.69. The van der Waals surface area contributed by atoms with Crippen LogP contribution in [-0.2, 0) is 0 Å². The second-order valence-electron chi connectivity index (χ2n) is 5.20. The van der Waals surface area contributed by atoms with Crippen LogP contribution in [0.4, 0.5) is 0 Å². The van der Waals surface area contributed by atoms with E-state index in [0.717, 1.165) is 0 Å². The predicted octanol–water partition coefficient (Wildman–Crippen LogP) is 3.55. The molecule has 128 valence electrons. The molecule has 0 saturated heterocycles. The van der Waals surface area contributed by atoms with Gasteiger partial charge in [-0.2, -0.15) is 4.90 Å². The Bertz CT molecular complexity index is 953. The highest BCUT2D eigenvalue weighted by atomic mass is 16.8. The number of methoxy groups -OCH3 is 1. The van der Waals surface area contributed by atoms with Crippen LogP contribution in [0.15, 0.2) is 64.8 Å². The molecule has 0 radical (unpaired) electrons. The molecule has 7 nitrogen and oxygen atoms in total. The van der Waals surface area contributed by atoms with E-state index in [1.54, 1.807) is 24.3 Å². The van der Waals surface area contributed by atoms with Gasteiger partial charge < -0.3 is 29.8 Å². The standard InChI is InChI=1S/C18H14NO6/c1-24-18-13-8-9-25-16(13)10-15(21)17(18)14(20)7-4-11-2-5-12(6-3-11)19(22)23/h2-10H,1H3,(H2-,20,21,22,23)/q-1. The summed E-state index contributed by atoms with van der Waals surface area (Å²) < 4.78 is 10.5. The number of fused-ring (bicyclic) bond motifs is 1. The average molecular weight is 340 g/mol. The first-order valence-electron chi connectivity index (χ1n) is 7.27. The van der Waals surface area contributed by atoms with Crippen LogP contribution in [-0.4, -0.2) is 27.9 Å². The number of aromatic hydroxyl groups is 1. The summed E-state index contributed by atoms with van der Waals surface area (Å²) >= 11 is 0. The third kappa shape index (κ3) is 3.07. The lowest BCUT2D eigenvalue weighted by molar-refractivity contribution is -0.377. The molecule has 0 atom stereocenters. The molecule has 0 saturated carbocycles. The lowest BCUT2D eigenvalue weighted by Gasteiger charge is -2.11. The normalized spacial score (nSPS) is 14.2. The Hall–Kier alpha value is -3.61. The average Bonchev–Trinajstić information content (AvgIpc) is 3.06. The summed E-state index contributed by atoms with van der Waals surface area (Å²) in [5.74, 6) is -0.115. The molecule has 0 fully saturated rings. The molecule has 25 heavy (non-hydrogen) atoms. The van der Waals surface area contributed by atoms with Crippen molar-refractivity contribution in [1.29, 1.82) is 0 Å². The maximum atomic E-state index is 10.7. The van der Waals surface area contributed by atoms with Crippen molar-refractivity contribution in [1.82, 2.24) is 0 Å². The van der Waals surface area contributed by atoms with E-state index in [1.807, 2.05) is 0 Å². The Morgan fingerprint density at radius 2 is 1.96 bits per heavy atom. The fourth-order valence-corrected chi connectivity index (χ4v) is 2.49. The zero-order valence-corrected chi connectivity index (χ0v) is 13.2. The van der Waals surface area contributed by atoms with E-state index in [4.69, 9.17) is 9.15 Å². The number of phenols is 1. The van der Waals surface area contributed by atoms with Gasteiger partial charge in [-0.05, 0) is 29.9 Å². The number of aliphatic hydroxyl groups is 1. The van der Waals surface area contributed by atoms with Crippen LogP contribution in [0, 0.1) is 10.4 Å². The van der Waals surface area contributed by atoms with Crippen molar-refractivity contribution in [2.45, 2.75) is 0 Å². The van der Waals surface area contributed by atoms with Gasteiger partial charge >= 0.3 is 0 Å². The molecule has 1 aromatic carbocycles. The predicted molar refractivity (Wildman–Crippen MR) is 93.4 cm³/mol. The van der Waals surface area contributed by atoms with Gasteiger partial charge in [0.05, 0.1) is 18.8 Å². The Kier molecular flexibility index (Phi) is 4.21. The number of ether oxygens (including phenoxy) is 1. The highest BCUT2D eigenvalue weighted by molar-refractivity contribution is 6.02. The fraction of sp³-hybridized carbons (Fsp3) is 0.0556. The molecule has 0 spiro atoms. The van der Waals surface area contributed by atoms with Crippen LogP contribution >= 0.6 is 0 Å². The topological polar surface area (TPSA) is 112 Å². The minimum atomic E-state index is -0.486. The summed E-state index contributed by atoms with van der Waals surface area (Å²) in [4.78, 5) is -0.486. The van der Waals surface area contributed by atoms with E-state index in [9.17, 15) is 20.6 Å². The molecule has 3 rings (SSSR count). The monoisotopic (exact) mass is 340 g/mol. The molecule has 1 aliphatic rings. The van der Waals surface area contributed by atoms with Crippen LogP contribution in [0.5, 0.6) is 11.5 Å². The molecule has 0 aliphatic heterocycles. The van der Waals surface area contributed by atoms with Crippen molar-refractivity contribution in [2.24, 2.45) is 0 Å². The number of rotatable bonds is 3. The molecule has 1 heterocycles. The number of hydrogen-bond acceptors (Lipinski definition) is 6. The van der Waals surface area contributed by atoms with Gasteiger partial charge in [0.25, 0.3) is 0 Å². The summed E-state index contributed by atoms with van der Waals surface area (Å²) in [6, 6.07) is 3.06. The van der Waals surface area contributed by atoms with Gasteiger partial charge in [0, 0.05) is 18.2 Å². The highest BCUT2D eigenvalue weighted by Crippen LogP contribution is 2.40. The van der Waals surface area contributed by atoms with Crippen LogP contribution in [0.1, 0.15) is 5.56 Å². The molecular weight excluding hydrogens is 326 g/mol. The first-order chi connectivity index (χ1) is 12.0. The summed E-state index contributed by atoms with van der Waals surface area (Å²) in [6.07, 6.45) is 10.2. The van der Waals surface area contributed by atoms with Crippen molar-refractivity contribution >= 4 is 22.4 Å². The smallest absolute Gasteiger partial charge is 0.222 e. The lowest BCUT2D eigenvalue weighted by Crippen LogP contribution is -2.06. The Morgan fingerprint density at radius 1 is 1.24 bits per heavy atom. The summed E-state index contributed by atoms with van der Waals surface area (Å²) in [7, 11) is 1.43. The molecule has 1 aliphatic carbocycles. The maximum absolute atomic E-state index is 10.7. The number of allylic oxidation sites excluding steroid dienone is 7. The Morgan fingerprint density at radius 3 is 2.60 bits per heavy atom. The van der Waals surface area contributed by atoms with Crippen LogP contribution < -0.4 is 4.74 Å². The first kappa shape index (κ1) is 16.3. The van der Waals surface area contributed by atoms with Crippen molar-refractivity contribution < 1.29 is 24.3 Å². The van der Waals surface area contributed by atoms with Crippen molar-refractivity contribution in [3.63, 3.8) is 0 Å². The second kappa shape index (κ2) is 6.48. The Labute approximate surface area is 142 Å². The molecule has 1 aromatic heterocycles. The van der Waals surface area contributed by atoms with Crippen molar-refractivity contribution in [3.8, 4) is 11.5 Å². The number of nitrogens with zero attached hydrogens (tertiary/aromatic N) is 1. The van der Waals surface area contributed by atoms with Gasteiger partial charge in [0.15, 0.2) is 0 Å². The summed E-state index contributed by atoms with van der Waals surface area (Å²) in [5, 5.41) is 42.5.